The molecule has 0 bridgehead atoms. The molecule has 0 saturated heterocycles. The fourth-order valence-electron chi connectivity index (χ4n) is 1.18. The fourth-order valence-corrected chi connectivity index (χ4v) is 2.08. The van der Waals surface area contributed by atoms with Gasteiger partial charge in [0.05, 0.1) is 12.7 Å². The number of ether oxygens (including phenoxy) is 1. The van der Waals surface area contributed by atoms with E-state index in [9.17, 15) is 4.79 Å². The molecule has 1 aromatic rings. The van der Waals surface area contributed by atoms with E-state index in [2.05, 4.69) is 18.6 Å². The molecule has 0 fully saturated rings. The lowest BCUT2D eigenvalue weighted by molar-refractivity contribution is 0.0600. The summed E-state index contributed by atoms with van der Waals surface area (Å²) in [6.45, 7) is 4.32. The number of carbonyl (C=O) groups is 1. The third kappa shape index (κ3) is 3.45. The number of nitrogens with two attached hydrogens (primary N) is 1. The van der Waals surface area contributed by atoms with Gasteiger partial charge in [0.2, 0.25) is 0 Å². The highest BCUT2D eigenvalue weighted by atomic mass is 32.2. The summed E-state index contributed by atoms with van der Waals surface area (Å²) in [5, 5.41) is 0. The number of thioether (sulfide) groups is 1. The lowest BCUT2D eigenvalue weighted by atomic mass is 10.2. The van der Waals surface area contributed by atoms with Crippen LogP contribution in [0.1, 0.15) is 24.2 Å². The zero-order valence-electron chi connectivity index (χ0n) is 9.82. The van der Waals surface area contributed by atoms with Crippen molar-refractivity contribution in [1.29, 1.82) is 0 Å². The van der Waals surface area contributed by atoms with Crippen molar-refractivity contribution in [3.05, 3.63) is 23.8 Å². The van der Waals surface area contributed by atoms with E-state index in [0.717, 1.165) is 10.6 Å². The largest absolute Gasteiger partial charge is 0.465 e. The maximum absolute atomic E-state index is 11.3. The summed E-state index contributed by atoms with van der Waals surface area (Å²) in [7, 11) is 1.36. The lowest BCUT2D eigenvalue weighted by Crippen LogP contribution is -2.02. The standard InChI is InChI=1S/C12H17NO2S/c1-8(2)7-16-11-5-4-9(6-10(11)13)12(14)15-3/h4-6,8H,7,13H2,1-3H3. The number of anilines is 1. The molecule has 0 spiro atoms. The number of carbonyl (C=O) groups excluding carboxylic acids is 1. The second kappa shape index (κ2) is 5.80. The number of rotatable bonds is 4. The first kappa shape index (κ1) is 12.9. The summed E-state index contributed by atoms with van der Waals surface area (Å²) in [5.74, 6) is 1.28. The smallest absolute Gasteiger partial charge is 0.337 e. The maximum Gasteiger partial charge on any atom is 0.337 e. The van der Waals surface area contributed by atoms with Gasteiger partial charge in [-0.15, -0.1) is 11.8 Å². The van der Waals surface area contributed by atoms with Gasteiger partial charge in [-0.25, -0.2) is 4.79 Å². The van der Waals surface area contributed by atoms with Gasteiger partial charge in [0.25, 0.3) is 0 Å². The van der Waals surface area contributed by atoms with Crippen LogP contribution in [0.25, 0.3) is 0 Å². The van der Waals surface area contributed by atoms with E-state index in [1.54, 1.807) is 23.9 Å². The van der Waals surface area contributed by atoms with Gasteiger partial charge in [0, 0.05) is 16.3 Å². The predicted octanol–water partition coefficient (Wildman–Crippen LogP) is 2.80. The monoisotopic (exact) mass is 239 g/mol. The molecule has 0 amide bonds. The van der Waals surface area contributed by atoms with Gasteiger partial charge < -0.3 is 10.5 Å². The van der Waals surface area contributed by atoms with Crippen molar-refractivity contribution < 1.29 is 9.53 Å². The molecule has 0 aromatic heterocycles. The molecule has 2 N–H and O–H groups in total. The molecule has 4 heteroatoms. The maximum atomic E-state index is 11.3. The van der Waals surface area contributed by atoms with Gasteiger partial charge >= 0.3 is 5.97 Å². The first-order valence-corrected chi connectivity index (χ1v) is 6.13. The minimum atomic E-state index is -0.355. The Morgan fingerprint density at radius 1 is 1.50 bits per heavy atom. The fraction of sp³-hybridized carbons (Fsp3) is 0.417. The van der Waals surface area contributed by atoms with Crippen molar-refractivity contribution in [2.75, 3.05) is 18.6 Å². The van der Waals surface area contributed by atoms with Gasteiger partial charge in [-0.05, 0) is 24.1 Å². The minimum absolute atomic E-state index is 0.355. The van der Waals surface area contributed by atoms with Crippen LogP contribution in [0.5, 0.6) is 0 Å². The van der Waals surface area contributed by atoms with E-state index in [4.69, 9.17) is 5.73 Å². The number of methoxy groups -OCH3 is 1. The van der Waals surface area contributed by atoms with Crippen LogP contribution in [0.15, 0.2) is 23.1 Å². The van der Waals surface area contributed by atoms with Crippen molar-refractivity contribution in [3.8, 4) is 0 Å². The predicted molar refractivity (Wildman–Crippen MR) is 67.8 cm³/mol. The molecule has 3 nitrogen and oxygen atoms in total. The molecule has 0 atom stereocenters. The van der Waals surface area contributed by atoms with E-state index < -0.39 is 0 Å². The van der Waals surface area contributed by atoms with Crippen molar-refractivity contribution >= 4 is 23.4 Å². The highest BCUT2D eigenvalue weighted by Crippen LogP contribution is 2.27. The quantitative estimate of drug-likeness (QED) is 0.498. The van der Waals surface area contributed by atoms with Gasteiger partial charge in [-0.3, -0.25) is 0 Å². The Labute approximate surface area is 100 Å². The Kier molecular flexibility index (Phi) is 4.68. The van der Waals surface area contributed by atoms with Crippen molar-refractivity contribution in [2.24, 2.45) is 5.92 Å². The van der Waals surface area contributed by atoms with Gasteiger partial charge in [-0.1, -0.05) is 13.8 Å². The van der Waals surface area contributed by atoms with Crippen LogP contribution in [-0.4, -0.2) is 18.8 Å². The molecule has 16 heavy (non-hydrogen) atoms. The summed E-state index contributed by atoms with van der Waals surface area (Å²) in [5.41, 5.74) is 7.00. The van der Waals surface area contributed by atoms with Crippen LogP contribution in [0.2, 0.25) is 0 Å². The third-order valence-corrected chi connectivity index (χ3v) is 3.52. The van der Waals surface area contributed by atoms with E-state index in [1.165, 1.54) is 7.11 Å². The molecule has 0 aliphatic rings. The van der Waals surface area contributed by atoms with Crippen molar-refractivity contribution in [2.45, 2.75) is 18.7 Å². The van der Waals surface area contributed by atoms with Crippen LogP contribution < -0.4 is 5.73 Å². The Hall–Kier alpha value is -1.16. The second-order valence-electron chi connectivity index (χ2n) is 3.95. The zero-order valence-corrected chi connectivity index (χ0v) is 10.6. The molecule has 0 heterocycles. The van der Waals surface area contributed by atoms with Gasteiger partial charge in [0.15, 0.2) is 0 Å². The molecule has 0 aliphatic heterocycles. The number of esters is 1. The first-order chi connectivity index (χ1) is 7.54. The number of benzene rings is 1. The molecule has 0 saturated carbocycles. The average molecular weight is 239 g/mol. The van der Waals surface area contributed by atoms with Crippen LogP contribution in [0.4, 0.5) is 5.69 Å². The van der Waals surface area contributed by atoms with E-state index in [-0.39, 0.29) is 5.97 Å². The van der Waals surface area contributed by atoms with Crippen molar-refractivity contribution in [3.63, 3.8) is 0 Å². The number of hydrogen-bond donors (Lipinski definition) is 1. The first-order valence-electron chi connectivity index (χ1n) is 5.15. The normalized spacial score (nSPS) is 10.5. The Balaban J connectivity index is 2.79. The molecule has 0 aliphatic carbocycles. The highest BCUT2D eigenvalue weighted by molar-refractivity contribution is 7.99. The van der Waals surface area contributed by atoms with E-state index in [1.807, 2.05) is 6.07 Å². The second-order valence-corrected chi connectivity index (χ2v) is 5.01. The molecule has 1 rings (SSSR count). The third-order valence-electron chi connectivity index (χ3n) is 2.00. The lowest BCUT2D eigenvalue weighted by Gasteiger charge is -2.08. The van der Waals surface area contributed by atoms with E-state index in [0.29, 0.717) is 17.2 Å². The average Bonchev–Trinajstić information content (AvgIpc) is 2.26. The number of hydrogen-bond acceptors (Lipinski definition) is 4. The molecular weight excluding hydrogens is 222 g/mol. The SMILES string of the molecule is COC(=O)c1ccc(SCC(C)C)c(N)c1. The Bertz CT molecular complexity index is 377. The number of nitrogen functional groups attached to an aromatic ring is 1. The van der Waals surface area contributed by atoms with Crippen LogP contribution in [-0.2, 0) is 4.74 Å². The molecule has 1 aromatic carbocycles. The summed E-state index contributed by atoms with van der Waals surface area (Å²) in [6, 6.07) is 5.27. The van der Waals surface area contributed by atoms with Gasteiger partial charge in [0.1, 0.15) is 0 Å². The minimum Gasteiger partial charge on any atom is -0.465 e. The Morgan fingerprint density at radius 2 is 2.19 bits per heavy atom. The van der Waals surface area contributed by atoms with E-state index >= 15 is 0 Å². The summed E-state index contributed by atoms with van der Waals surface area (Å²) in [6.07, 6.45) is 0. The summed E-state index contributed by atoms with van der Waals surface area (Å²) in [4.78, 5) is 12.3. The van der Waals surface area contributed by atoms with Crippen LogP contribution in [0.3, 0.4) is 0 Å². The van der Waals surface area contributed by atoms with Crippen molar-refractivity contribution in [1.82, 2.24) is 0 Å². The van der Waals surface area contributed by atoms with Gasteiger partial charge in [-0.2, -0.15) is 0 Å². The van der Waals surface area contributed by atoms with Crippen LogP contribution >= 0.6 is 11.8 Å². The molecule has 0 unspecified atom stereocenters. The summed E-state index contributed by atoms with van der Waals surface area (Å²) < 4.78 is 4.63. The Morgan fingerprint density at radius 3 is 2.69 bits per heavy atom. The molecule has 88 valence electrons. The molecule has 0 radical (unpaired) electrons. The topological polar surface area (TPSA) is 52.3 Å². The highest BCUT2D eigenvalue weighted by Gasteiger charge is 2.08. The van der Waals surface area contributed by atoms with Crippen LogP contribution in [0, 0.1) is 5.92 Å². The summed E-state index contributed by atoms with van der Waals surface area (Å²) >= 11 is 1.71. The molecular formula is C12H17NO2S. The zero-order chi connectivity index (χ0) is 12.1.